The molecule has 0 unspecified atom stereocenters. The first kappa shape index (κ1) is 20.3. The van der Waals surface area contributed by atoms with Gasteiger partial charge in [-0.3, -0.25) is 9.59 Å². The molecule has 2 heterocycles. The minimum atomic E-state index is -0.801. The number of rotatable bonds is 5. The standard InChI is InChI=1S/C27H26N2O3/c30-26(31)14-13-20-19-9-5-2-6-10-23(19)28-25(20)16-22-21-12-11-18(15-24(21)29-27(22)32)17-7-3-1-4-8-17/h1,3-4,7-8,11-12,15-16,28H,2,5-6,9-10,13-14H2,(H,29,32)(H,30,31)/b22-16-. The number of aromatic amines is 1. The van der Waals surface area contributed by atoms with E-state index in [1.54, 1.807) is 0 Å². The summed E-state index contributed by atoms with van der Waals surface area (Å²) in [5, 5.41) is 12.3. The molecule has 5 heteroatoms. The first-order chi connectivity index (χ1) is 15.6. The second-order valence-corrected chi connectivity index (χ2v) is 8.57. The summed E-state index contributed by atoms with van der Waals surface area (Å²) in [6.45, 7) is 0. The van der Waals surface area contributed by atoms with E-state index >= 15 is 0 Å². The third-order valence-corrected chi connectivity index (χ3v) is 6.48. The van der Waals surface area contributed by atoms with Gasteiger partial charge >= 0.3 is 5.97 Å². The Morgan fingerprint density at radius 2 is 1.81 bits per heavy atom. The summed E-state index contributed by atoms with van der Waals surface area (Å²) in [6.07, 6.45) is 7.85. The maximum atomic E-state index is 12.9. The van der Waals surface area contributed by atoms with Crippen molar-refractivity contribution in [2.45, 2.75) is 44.9 Å². The maximum absolute atomic E-state index is 12.9. The van der Waals surface area contributed by atoms with Crippen LogP contribution in [-0.2, 0) is 28.9 Å². The molecule has 162 valence electrons. The van der Waals surface area contributed by atoms with Crippen LogP contribution >= 0.6 is 0 Å². The summed E-state index contributed by atoms with van der Waals surface area (Å²) >= 11 is 0. The fourth-order valence-corrected chi connectivity index (χ4v) is 4.89. The number of fused-ring (bicyclic) bond motifs is 2. The zero-order valence-electron chi connectivity index (χ0n) is 17.9. The van der Waals surface area contributed by atoms with E-state index in [0.717, 1.165) is 59.3 Å². The van der Waals surface area contributed by atoms with Crippen LogP contribution in [-0.4, -0.2) is 22.0 Å². The van der Waals surface area contributed by atoms with Crippen LogP contribution in [0, 0.1) is 0 Å². The van der Waals surface area contributed by atoms with E-state index in [2.05, 4.69) is 22.4 Å². The van der Waals surface area contributed by atoms with Crippen molar-refractivity contribution >= 4 is 29.2 Å². The van der Waals surface area contributed by atoms with Gasteiger partial charge in [0.05, 0.1) is 5.57 Å². The molecule has 3 aromatic rings. The summed E-state index contributed by atoms with van der Waals surface area (Å²) < 4.78 is 0. The molecule has 0 atom stereocenters. The van der Waals surface area contributed by atoms with Gasteiger partial charge in [0.25, 0.3) is 5.91 Å². The van der Waals surface area contributed by atoms with Crippen molar-refractivity contribution in [2.24, 2.45) is 0 Å². The zero-order valence-corrected chi connectivity index (χ0v) is 17.9. The van der Waals surface area contributed by atoms with E-state index < -0.39 is 5.97 Å². The average Bonchev–Trinajstić information content (AvgIpc) is 3.17. The second-order valence-electron chi connectivity index (χ2n) is 8.57. The number of H-pyrrole nitrogens is 1. The highest BCUT2D eigenvalue weighted by Gasteiger charge is 2.26. The third-order valence-electron chi connectivity index (χ3n) is 6.48. The molecule has 2 aliphatic rings. The van der Waals surface area contributed by atoms with Gasteiger partial charge in [-0.2, -0.15) is 0 Å². The number of carbonyl (C=O) groups is 2. The van der Waals surface area contributed by atoms with Gasteiger partial charge in [-0.1, -0.05) is 48.9 Å². The third kappa shape index (κ3) is 3.86. The normalized spacial score (nSPS) is 16.4. The lowest BCUT2D eigenvalue weighted by atomic mass is 9.97. The van der Waals surface area contributed by atoms with Crippen LogP contribution < -0.4 is 5.32 Å². The number of aromatic nitrogens is 1. The molecule has 5 nitrogen and oxygen atoms in total. The number of carboxylic acid groups (broad SMARTS) is 1. The van der Waals surface area contributed by atoms with E-state index in [-0.39, 0.29) is 12.3 Å². The van der Waals surface area contributed by atoms with Gasteiger partial charge in [-0.25, -0.2) is 0 Å². The van der Waals surface area contributed by atoms with Crippen molar-refractivity contribution in [1.29, 1.82) is 0 Å². The number of hydrogen-bond donors (Lipinski definition) is 3. The minimum absolute atomic E-state index is 0.0870. The molecule has 1 aliphatic carbocycles. The van der Waals surface area contributed by atoms with Crippen molar-refractivity contribution in [3.8, 4) is 11.1 Å². The first-order valence-electron chi connectivity index (χ1n) is 11.3. The van der Waals surface area contributed by atoms with Crippen LogP contribution in [0.3, 0.4) is 0 Å². The van der Waals surface area contributed by atoms with Gasteiger partial charge in [-0.05, 0) is 66.5 Å². The highest BCUT2D eigenvalue weighted by molar-refractivity contribution is 6.35. The average molecular weight is 427 g/mol. The molecule has 5 rings (SSSR count). The molecule has 0 radical (unpaired) electrons. The number of nitrogens with one attached hydrogen (secondary N) is 2. The fourth-order valence-electron chi connectivity index (χ4n) is 4.89. The van der Waals surface area contributed by atoms with Crippen LogP contribution in [0.5, 0.6) is 0 Å². The van der Waals surface area contributed by atoms with E-state index in [9.17, 15) is 14.7 Å². The Labute approximate surface area is 187 Å². The molecule has 1 aliphatic heterocycles. The predicted molar refractivity (Wildman–Crippen MR) is 126 cm³/mol. The topological polar surface area (TPSA) is 82.2 Å². The molecular weight excluding hydrogens is 400 g/mol. The molecule has 1 aromatic heterocycles. The minimum Gasteiger partial charge on any atom is -0.481 e. The van der Waals surface area contributed by atoms with Gasteiger partial charge in [0.1, 0.15) is 0 Å². The summed E-state index contributed by atoms with van der Waals surface area (Å²) in [7, 11) is 0. The van der Waals surface area contributed by atoms with Crippen LogP contribution in [0.4, 0.5) is 5.69 Å². The number of carbonyl (C=O) groups excluding carboxylic acids is 1. The maximum Gasteiger partial charge on any atom is 0.303 e. The summed E-state index contributed by atoms with van der Waals surface area (Å²) in [4.78, 5) is 27.7. The Kier molecular flexibility index (Phi) is 5.39. The Bertz CT molecular complexity index is 1220. The van der Waals surface area contributed by atoms with Crippen molar-refractivity contribution in [3.05, 3.63) is 76.6 Å². The number of anilines is 1. The molecule has 0 saturated carbocycles. The lowest BCUT2D eigenvalue weighted by Crippen LogP contribution is -2.04. The predicted octanol–water partition coefficient (Wildman–Crippen LogP) is 5.46. The molecule has 0 fully saturated rings. The number of benzene rings is 2. The van der Waals surface area contributed by atoms with Gasteiger partial charge in [0.15, 0.2) is 0 Å². The highest BCUT2D eigenvalue weighted by Crippen LogP contribution is 2.37. The zero-order chi connectivity index (χ0) is 22.1. The molecule has 3 N–H and O–H groups in total. The van der Waals surface area contributed by atoms with E-state index in [1.807, 2.05) is 42.5 Å². The Balaban J connectivity index is 1.54. The largest absolute Gasteiger partial charge is 0.481 e. The van der Waals surface area contributed by atoms with Gasteiger partial charge in [0.2, 0.25) is 0 Å². The summed E-state index contributed by atoms with van der Waals surface area (Å²) in [5.74, 6) is -0.927. The van der Waals surface area contributed by atoms with Crippen molar-refractivity contribution in [1.82, 2.24) is 4.98 Å². The quantitative estimate of drug-likeness (QED) is 0.374. The van der Waals surface area contributed by atoms with Crippen molar-refractivity contribution in [2.75, 3.05) is 5.32 Å². The molecule has 0 saturated heterocycles. The van der Waals surface area contributed by atoms with E-state index in [0.29, 0.717) is 12.0 Å². The number of carboxylic acids is 1. The van der Waals surface area contributed by atoms with Gasteiger partial charge in [-0.15, -0.1) is 0 Å². The van der Waals surface area contributed by atoms with Crippen LogP contribution in [0.1, 0.15) is 53.8 Å². The van der Waals surface area contributed by atoms with E-state index in [4.69, 9.17) is 0 Å². The van der Waals surface area contributed by atoms with Gasteiger partial charge in [0, 0.05) is 29.1 Å². The highest BCUT2D eigenvalue weighted by atomic mass is 16.4. The second kappa shape index (κ2) is 8.50. The SMILES string of the molecule is O=C(O)CCc1c(/C=C2\C(=O)Nc3cc(-c4ccccc4)ccc32)[nH]c2c1CCCCC2. The van der Waals surface area contributed by atoms with Crippen LogP contribution in [0.15, 0.2) is 48.5 Å². The number of hydrogen-bond acceptors (Lipinski definition) is 2. The monoisotopic (exact) mass is 426 g/mol. The summed E-state index contributed by atoms with van der Waals surface area (Å²) in [6, 6.07) is 16.1. The molecular formula is C27H26N2O3. The Morgan fingerprint density at radius 1 is 1.00 bits per heavy atom. The molecule has 2 aromatic carbocycles. The smallest absolute Gasteiger partial charge is 0.303 e. The van der Waals surface area contributed by atoms with Crippen molar-refractivity contribution < 1.29 is 14.7 Å². The lowest BCUT2D eigenvalue weighted by molar-refractivity contribution is -0.137. The van der Waals surface area contributed by atoms with E-state index in [1.165, 1.54) is 17.7 Å². The number of aryl methyl sites for hydroxylation is 1. The summed E-state index contributed by atoms with van der Waals surface area (Å²) in [5.41, 5.74) is 8.86. The number of aliphatic carboxylic acids is 1. The molecule has 1 amide bonds. The Hall–Kier alpha value is -3.60. The first-order valence-corrected chi connectivity index (χ1v) is 11.3. The molecule has 0 spiro atoms. The number of amides is 1. The van der Waals surface area contributed by atoms with Gasteiger partial charge < -0.3 is 15.4 Å². The Morgan fingerprint density at radius 3 is 2.62 bits per heavy atom. The van der Waals surface area contributed by atoms with Crippen LogP contribution in [0.2, 0.25) is 0 Å². The molecule has 0 bridgehead atoms. The fraction of sp³-hybridized carbons (Fsp3) is 0.259. The molecule has 32 heavy (non-hydrogen) atoms. The van der Waals surface area contributed by atoms with Crippen molar-refractivity contribution in [3.63, 3.8) is 0 Å². The van der Waals surface area contributed by atoms with Crippen LogP contribution in [0.25, 0.3) is 22.8 Å². The lowest BCUT2D eigenvalue weighted by Gasteiger charge is -2.06.